The quantitative estimate of drug-likeness (QED) is 0.896. The molecule has 1 aromatic carbocycles. The summed E-state index contributed by atoms with van der Waals surface area (Å²) in [6, 6.07) is 5.46. The standard InChI is InChI=1S/C13H15Cl2N3S/c1-13(2,3)17-12-16-11(18-19-12)6-8-4-5-9(14)7-10(8)15/h4-5,7H,6H2,1-3H3,(H,16,17,18). The minimum Gasteiger partial charge on any atom is -0.356 e. The zero-order valence-electron chi connectivity index (χ0n) is 11.0. The Labute approximate surface area is 127 Å². The molecule has 2 aromatic rings. The van der Waals surface area contributed by atoms with Crippen LogP contribution in [0, 0.1) is 0 Å². The second-order valence-electron chi connectivity index (χ2n) is 5.30. The van der Waals surface area contributed by atoms with E-state index in [9.17, 15) is 0 Å². The zero-order valence-corrected chi connectivity index (χ0v) is 13.3. The predicted octanol–water partition coefficient (Wildman–Crippen LogP) is 4.65. The molecule has 0 saturated heterocycles. The Balaban J connectivity index is 2.11. The van der Waals surface area contributed by atoms with E-state index in [-0.39, 0.29) is 5.54 Å². The highest BCUT2D eigenvalue weighted by Crippen LogP contribution is 2.24. The second-order valence-corrected chi connectivity index (χ2v) is 6.90. The van der Waals surface area contributed by atoms with Gasteiger partial charge < -0.3 is 5.32 Å². The van der Waals surface area contributed by atoms with Crippen LogP contribution in [0.25, 0.3) is 0 Å². The summed E-state index contributed by atoms with van der Waals surface area (Å²) in [4.78, 5) is 4.46. The molecule has 1 aromatic heterocycles. The Hall–Kier alpha value is -0.840. The predicted molar refractivity (Wildman–Crippen MR) is 82.6 cm³/mol. The number of nitrogens with zero attached hydrogens (tertiary/aromatic N) is 2. The number of halogens is 2. The lowest BCUT2D eigenvalue weighted by atomic mass is 10.1. The molecule has 0 aliphatic heterocycles. The number of benzene rings is 1. The van der Waals surface area contributed by atoms with Crippen LogP contribution in [0.5, 0.6) is 0 Å². The first-order chi connectivity index (χ1) is 8.83. The van der Waals surface area contributed by atoms with E-state index in [1.54, 1.807) is 6.07 Å². The molecule has 0 bridgehead atoms. The van der Waals surface area contributed by atoms with Gasteiger partial charge in [0.1, 0.15) is 5.82 Å². The highest BCUT2D eigenvalue weighted by molar-refractivity contribution is 7.09. The highest BCUT2D eigenvalue weighted by atomic mass is 35.5. The van der Waals surface area contributed by atoms with E-state index in [1.807, 2.05) is 12.1 Å². The maximum absolute atomic E-state index is 6.14. The van der Waals surface area contributed by atoms with Gasteiger partial charge in [-0.2, -0.15) is 4.37 Å². The largest absolute Gasteiger partial charge is 0.356 e. The van der Waals surface area contributed by atoms with Gasteiger partial charge >= 0.3 is 0 Å². The molecule has 0 saturated carbocycles. The van der Waals surface area contributed by atoms with Crippen LogP contribution >= 0.6 is 34.7 Å². The van der Waals surface area contributed by atoms with Crippen molar-refractivity contribution >= 4 is 39.9 Å². The van der Waals surface area contributed by atoms with Crippen molar-refractivity contribution in [2.75, 3.05) is 5.32 Å². The summed E-state index contributed by atoms with van der Waals surface area (Å²) in [5.74, 6) is 0.765. The van der Waals surface area contributed by atoms with Gasteiger partial charge in [-0.1, -0.05) is 29.3 Å². The first-order valence-corrected chi connectivity index (χ1v) is 7.41. The van der Waals surface area contributed by atoms with Gasteiger partial charge in [-0.05, 0) is 38.5 Å². The van der Waals surface area contributed by atoms with Gasteiger partial charge in [0.25, 0.3) is 0 Å². The molecule has 1 N–H and O–H groups in total. The maximum Gasteiger partial charge on any atom is 0.202 e. The van der Waals surface area contributed by atoms with Gasteiger partial charge in [0.2, 0.25) is 5.13 Å². The van der Waals surface area contributed by atoms with E-state index in [0.717, 1.165) is 16.5 Å². The van der Waals surface area contributed by atoms with Crippen LogP contribution in [0.1, 0.15) is 32.2 Å². The van der Waals surface area contributed by atoms with Crippen molar-refractivity contribution < 1.29 is 0 Å². The lowest BCUT2D eigenvalue weighted by Gasteiger charge is -2.18. The van der Waals surface area contributed by atoms with Crippen molar-refractivity contribution in [2.24, 2.45) is 0 Å². The topological polar surface area (TPSA) is 37.8 Å². The van der Waals surface area contributed by atoms with E-state index in [4.69, 9.17) is 23.2 Å². The average molecular weight is 316 g/mol. The van der Waals surface area contributed by atoms with Crippen molar-refractivity contribution in [1.82, 2.24) is 9.36 Å². The summed E-state index contributed by atoms with van der Waals surface area (Å²) in [5, 5.41) is 5.41. The highest BCUT2D eigenvalue weighted by Gasteiger charge is 2.13. The van der Waals surface area contributed by atoms with Gasteiger partial charge in [-0.25, -0.2) is 4.98 Å². The van der Waals surface area contributed by atoms with Crippen LogP contribution in [0.2, 0.25) is 10.0 Å². The lowest BCUT2D eigenvalue weighted by molar-refractivity contribution is 0.633. The van der Waals surface area contributed by atoms with Crippen LogP contribution in [0.4, 0.5) is 5.13 Å². The molecule has 6 heteroatoms. The molecule has 2 rings (SSSR count). The van der Waals surface area contributed by atoms with Gasteiger partial charge in [0.15, 0.2) is 0 Å². The average Bonchev–Trinajstić information content (AvgIpc) is 2.67. The van der Waals surface area contributed by atoms with E-state index < -0.39 is 0 Å². The molecule has 3 nitrogen and oxygen atoms in total. The summed E-state index contributed by atoms with van der Waals surface area (Å²) in [6.07, 6.45) is 0.609. The Morgan fingerprint density at radius 2 is 2.00 bits per heavy atom. The number of rotatable bonds is 3. The lowest BCUT2D eigenvalue weighted by Crippen LogP contribution is -2.25. The molecule has 0 atom stereocenters. The van der Waals surface area contributed by atoms with Crippen LogP contribution in [0.15, 0.2) is 18.2 Å². The number of aromatic nitrogens is 2. The maximum atomic E-state index is 6.14. The number of anilines is 1. The van der Waals surface area contributed by atoms with Gasteiger partial charge in [0, 0.05) is 33.5 Å². The smallest absolute Gasteiger partial charge is 0.202 e. The van der Waals surface area contributed by atoms with Crippen molar-refractivity contribution in [2.45, 2.75) is 32.7 Å². The molecule has 1 heterocycles. The fraction of sp³-hybridized carbons (Fsp3) is 0.385. The molecule has 0 unspecified atom stereocenters. The Bertz CT molecular complexity index is 576. The Kier molecular flexibility index (Phi) is 4.33. The molecular formula is C13H15Cl2N3S. The van der Waals surface area contributed by atoms with Crippen molar-refractivity contribution in [3.8, 4) is 0 Å². The van der Waals surface area contributed by atoms with E-state index in [0.29, 0.717) is 16.5 Å². The Morgan fingerprint density at radius 3 is 2.63 bits per heavy atom. The van der Waals surface area contributed by atoms with Gasteiger partial charge in [-0.15, -0.1) is 0 Å². The number of hydrogen-bond acceptors (Lipinski definition) is 4. The first-order valence-electron chi connectivity index (χ1n) is 5.88. The number of nitrogens with one attached hydrogen (secondary N) is 1. The molecule has 0 fully saturated rings. The van der Waals surface area contributed by atoms with E-state index in [1.165, 1.54) is 11.5 Å². The minimum absolute atomic E-state index is 0.0191. The van der Waals surface area contributed by atoms with Crippen LogP contribution < -0.4 is 5.32 Å². The van der Waals surface area contributed by atoms with Crippen molar-refractivity contribution in [1.29, 1.82) is 0 Å². The minimum atomic E-state index is -0.0191. The molecule has 0 aliphatic rings. The molecule has 102 valence electrons. The third kappa shape index (κ3) is 4.34. The van der Waals surface area contributed by atoms with Gasteiger partial charge in [0.05, 0.1) is 0 Å². The first kappa shape index (κ1) is 14.6. The fourth-order valence-corrected chi connectivity index (χ4v) is 2.80. The monoisotopic (exact) mass is 315 g/mol. The summed E-state index contributed by atoms with van der Waals surface area (Å²) >= 11 is 13.4. The van der Waals surface area contributed by atoms with Crippen molar-refractivity contribution in [3.63, 3.8) is 0 Å². The van der Waals surface area contributed by atoms with Gasteiger partial charge in [-0.3, -0.25) is 0 Å². The molecular weight excluding hydrogens is 301 g/mol. The van der Waals surface area contributed by atoms with Crippen LogP contribution in [-0.2, 0) is 6.42 Å². The normalized spacial score (nSPS) is 11.6. The van der Waals surface area contributed by atoms with Crippen LogP contribution in [-0.4, -0.2) is 14.9 Å². The molecule has 0 aliphatic carbocycles. The molecule has 0 radical (unpaired) electrons. The van der Waals surface area contributed by atoms with E-state index in [2.05, 4.69) is 35.4 Å². The van der Waals surface area contributed by atoms with Crippen molar-refractivity contribution in [3.05, 3.63) is 39.6 Å². The molecule has 19 heavy (non-hydrogen) atoms. The fourth-order valence-electron chi connectivity index (χ4n) is 1.53. The zero-order chi connectivity index (χ0) is 14.0. The second kappa shape index (κ2) is 5.65. The summed E-state index contributed by atoms with van der Waals surface area (Å²) in [6.45, 7) is 6.26. The Morgan fingerprint density at radius 1 is 1.26 bits per heavy atom. The summed E-state index contributed by atoms with van der Waals surface area (Å²) in [7, 11) is 0. The third-order valence-electron chi connectivity index (χ3n) is 2.31. The molecule has 0 spiro atoms. The molecule has 0 amide bonds. The summed E-state index contributed by atoms with van der Waals surface area (Å²) < 4.78 is 4.34. The third-order valence-corrected chi connectivity index (χ3v) is 3.57. The SMILES string of the molecule is CC(C)(C)Nc1nc(Cc2ccc(Cl)cc2Cl)ns1. The number of hydrogen-bond donors (Lipinski definition) is 1. The summed E-state index contributed by atoms with van der Waals surface area (Å²) in [5.41, 5.74) is 0.959. The van der Waals surface area contributed by atoms with Crippen LogP contribution in [0.3, 0.4) is 0 Å². The van der Waals surface area contributed by atoms with E-state index >= 15 is 0 Å².